The van der Waals surface area contributed by atoms with E-state index >= 15 is 0 Å². The number of hydrogen-bond acceptors (Lipinski definition) is 0. The quantitative estimate of drug-likeness (QED) is 0.248. The van der Waals surface area contributed by atoms with Crippen molar-refractivity contribution in [2.24, 2.45) is 23.7 Å². The Bertz CT molecular complexity index is 232. The molecular formula is C24H50. The Labute approximate surface area is 155 Å². The summed E-state index contributed by atoms with van der Waals surface area (Å²) in [5, 5.41) is 0. The van der Waals surface area contributed by atoms with Crippen LogP contribution in [0.4, 0.5) is 0 Å². The summed E-state index contributed by atoms with van der Waals surface area (Å²) in [5.41, 5.74) is 0. The summed E-state index contributed by atoms with van der Waals surface area (Å²) in [6, 6.07) is 0. The van der Waals surface area contributed by atoms with Crippen molar-refractivity contribution in [3.63, 3.8) is 0 Å². The summed E-state index contributed by atoms with van der Waals surface area (Å²) in [6.07, 6.45) is 20.0. The summed E-state index contributed by atoms with van der Waals surface area (Å²) >= 11 is 0. The molecule has 24 heavy (non-hydrogen) atoms. The Hall–Kier alpha value is 0. The molecule has 0 bridgehead atoms. The minimum atomic E-state index is 0.989. The SMILES string of the molecule is CCCC(CCC)C(CC)CCCC(CCC)C(CCC)CCC. The Morgan fingerprint density at radius 3 is 1.00 bits per heavy atom. The second-order valence-corrected chi connectivity index (χ2v) is 8.32. The first kappa shape index (κ1) is 24.0. The van der Waals surface area contributed by atoms with Crippen LogP contribution in [-0.4, -0.2) is 0 Å². The summed E-state index contributed by atoms with van der Waals surface area (Å²) in [5.74, 6) is 3.99. The molecule has 0 aliphatic rings. The smallest absolute Gasteiger partial charge is 0.0386 e. The van der Waals surface area contributed by atoms with Crippen molar-refractivity contribution in [2.45, 2.75) is 131 Å². The Morgan fingerprint density at radius 2 is 0.667 bits per heavy atom. The molecule has 0 heterocycles. The molecule has 0 aromatic carbocycles. The molecule has 0 saturated carbocycles. The molecule has 0 heteroatoms. The zero-order valence-corrected chi connectivity index (χ0v) is 18.2. The van der Waals surface area contributed by atoms with Crippen LogP contribution in [0, 0.1) is 23.7 Å². The van der Waals surface area contributed by atoms with Crippen LogP contribution in [0.15, 0.2) is 0 Å². The fourth-order valence-corrected chi connectivity index (χ4v) is 5.12. The zero-order chi connectivity index (χ0) is 18.2. The predicted octanol–water partition coefficient (Wildman–Crippen LogP) is 9.03. The van der Waals surface area contributed by atoms with Gasteiger partial charge in [0.2, 0.25) is 0 Å². The summed E-state index contributed by atoms with van der Waals surface area (Å²) < 4.78 is 0. The third-order valence-electron chi connectivity index (χ3n) is 6.30. The minimum absolute atomic E-state index is 0.989. The lowest BCUT2D eigenvalue weighted by molar-refractivity contribution is 0.222. The average molecular weight is 339 g/mol. The molecule has 0 aromatic heterocycles. The molecular weight excluding hydrogens is 288 g/mol. The molecule has 0 N–H and O–H groups in total. The molecule has 146 valence electrons. The Balaban J connectivity index is 4.53. The van der Waals surface area contributed by atoms with Crippen LogP contribution in [0.1, 0.15) is 131 Å². The van der Waals surface area contributed by atoms with Crippen molar-refractivity contribution in [1.82, 2.24) is 0 Å². The maximum Gasteiger partial charge on any atom is -0.0386 e. The summed E-state index contributed by atoms with van der Waals surface area (Å²) in [7, 11) is 0. The van der Waals surface area contributed by atoms with Gasteiger partial charge in [-0.1, -0.05) is 131 Å². The monoisotopic (exact) mass is 338 g/mol. The van der Waals surface area contributed by atoms with Crippen LogP contribution >= 0.6 is 0 Å². The van der Waals surface area contributed by atoms with Crippen molar-refractivity contribution >= 4 is 0 Å². The highest BCUT2D eigenvalue weighted by Gasteiger charge is 2.22. The van der Waals surface area contributed by atoms with Gasteiger partial charge in [-0.2, -0.15) is 0 Å². The molecule has 0 radical (unpaired) electrons. The van der Waals surface area contributed by atoms with E-state index in [4.69, 9.17) is 0 Å². The molecule has 0 rings (SSSR count). The molecule has 0 spiro atoms. The first-order valence-electron chi connectivity index (χ1n) is 11.7. The molecule has 0 nitrogen and oxygen atoms in total. The first-order chi connectivity index (χ1) is 11.7. The normalized spacial score (nSPS) is 14.5. The lowest BCUT2D eigenvalue weighted by Gasteiger charge is -2.29. The summed E-state index contributed by atoms with van der Waals surface area (Å²) in [6.45, 7) is 14.3. The van der Waals surface area contributed by atoms with Gasteiger partial charge in [0.15, 0.2) is 0 Å². The molecule has 2 atom stereocenters. The van der Waals surface area contributed by atoms with Crippen molar-refractivity contribution in [1.29, 1.82) is 0 Å². The van der Waals surface area contributed by atoms with Crippen molar-refractivity contribution in [3.8, 4) is 0 Å². The van der Waals surface area contributed by atoms with Crippen LogP contribution in [0.25, 0.3) is 0 Å². The van der Waals surface area contributed by atoms with E-state index in [0.29, 0.717) is 0 Å². The topological polar surface area (TPSA) is 0 Å². The second-order valence-electron chi connectivity index (χ2n) is 8.32. The van der Waals surface area contributed by atoms with Gasteiger partial charge in [0, 0.05) is 0 Å². The maximum atomic E-state index is 2.43. The lowest BCUT2D eigenvalue weighted by atomic mass is 9.76. The van der Waals surface area contributed by atoms with E-state index in [-0.39, 0.29) is 0 Å². The van der Waals surface area contributed by atoms with Crippen LogP contribution in [0.3, 0.4) is 0 Å². The molecule has 0 amide bonds. The van der Waals surface area contributed by atoms with Gasteiger partial charge in [-0.25, -0.2) is 0 Å². The predicted molar refractivity (Wildman–Crippen MR) is 113 cm³/mol. The van der Waals surface area contributed by atoms with Gasteiger partial charge in [-0.15, -0.1) is 0 Å². The first-order valence-corrected chi connectivity index (χ1v) is 11.7. The highest BCUT2D eigenvalue weighted by molar-refractivity contribution is 4.73. The van der Waals surface area contributed by atoms with Gasteiger partial charge in [0.1, 0.15) is 0 Å². The molecule has 0 fully saturated rings. The van der Waals surface area contributed by atoms with E-state index in [1.54, 1.807) is 0 Å². The van der Waals surface area contributed by atoms with Crippen LogP contribution in [0.2, 0.25) is 0 Å². The highest BCUT2D eigenvalue weighted by Crippen LogP contribution is 2.34. The third kappa shape index (κ3) is 10.1. The number of rotatable bonds is 17. The largest absolute Gasteiger partial charge is 0.0654 e. The lowest BCUT2D eigenvalue weighted by Crippen LogP contribution is -2.17. The van der Waals surface area contributed by atoms with Crippen LogP contribution < -0.4 is 0 Å². The molecule has 2 unspecified atom stereocenters. The molecule has 0 saturated heterocycles. The average Bonchev–Trinajstić information content (AvgIpc) is 2.57. The maximum absolute atomic E-state index is 2.43. The fraction of sp³-hybridized carbons (Fsp3) is 1.00. The third-order valence-corrected chi connectivity index (χ3v) is 6.30. The highest BCUT2D eigenvalue weighted by atomic mass is 14.3. The Kier molecular flexibility index (Phi) is 16.5. The van der Waals surface area contributed by atoms with E-state index in [0.717, 1.165) is 23.7 Å². The van der Waals surface area contributed by atoms with Gasteiger partial charge in [0.25, 0.3) is 0 Å². The van der Waals surface area contributed by atoms with Gasteiger partial charge in [0.05, 0.1) is 0 Å². The van der Waals surface area contributed by atoms with E-state index in [9.17, 15) is 0 Å². The standard InChI is InChI=1S/C24H50/c1-7-14-22(15-8-2)21(12-6)19-13-20-24(18-11-5)23(16-9-3)17-10-4/h21-24H,7-20H2,1-6H3. The van der Waals surface area contributed by atoms with E-state index in [2.05, 4.69) is 41.5 Å². The van der Waals surface area contributed by atoms with E-state index in [1.165, 1.54) is 89.9 Å². The van der Waals surface area contributed by atoms with Gasteiger partial charge in [-0.05, 0) is 23.7 Å². The zero-order valence-electron chi connectivity index (χ0n) is 18.2. The number of hydrogen-bond donors (Lipinski definition) is 0. The van der Waals surface area contributed by atoms with Gasteiger partial charge in [-0.3, -0.25) is 0 Å². The van der Waals surface area contributed by atoms with Crippen molar-refractivity contribution in [3.05, 3.63) is 0 Å². The van der Waals surface area contributed by atoms with Crippen molar-refractivity contribution in [2.75, 3.05) is 0 Å². The van der Waals surface area contributed by atoms with Gasteiger partial charge < -0.3 is 0 Å². The van der Waals surface area contributed by atoms with Gasteiger partial charge >= 0.3 is 0 Å². The molecule has 0 aliphatic carbocycles. The van der Waals surface area contributed by atoms with Crippen LogP contribution in [0.5, 0.6) is 0 Å². The van der Waals surface area contributed by atoms with E-state index in [1.807, 2.05) is 0 Å². The van der Waals surface area contributed by atoms with E-state index < -0.39 is 0 Å². The molecule has 0 aliphatic heterocycles. The minimum Gasteiger partial charge on any atom is -0.0654 e. The van der Waals surface area contributed by atoms with Crippen molar-refractivity contribution < 1.29 is 0 Å². The molecule has 0 aromatic rings. The van der Waals surface area contributed by atoms with Crippen LogP contribution in [-0.2, 0) is 0 Å². The Morgan fingerprint density at radius 1 is 0.375 bits per heavy atom. The fourth-order valence-electron chi connectivity index (χ4n) is 5.12. The second kappa shape index (κ2) is 16.5. The summed E-state index contributed by atoms with van der Waals surface area (Å²) in [4.78, 5) is 0.